The summed E-state index contributed by atoms with van der Waals surface area (Å²) in [7, 11) is 1.65. The van der Waals surface area contributed by atoms with Crippen LogP contribution < -0.4 is 16.0 Å². The van der Waals surface area contributed by atoms with Gasteiger partial charge in [-0.25, -0.2) is 9.97 Å². The monoisotopic (exact) mass is 474 g/mol. The van der Waals surface area contributed by atoms with E-state index < -0.39 is 0 Å². The molecule has 1 aliphatic carbocycles. The van der Waals surface area contributed by atoms with Crippen LogP contribution in [0.3, 0.4) is 0 Å². The maximum atomic E-state index is 12.7. The summed E-state index contributed by atoms with van der Waals surface area (Å²) in [6.07, 6.45) is 7.46. The number of aromatic nitrogens is 2. The van der Waals surface area contributed by atoms with Crippen LogP contribution in [0, 0.1) is 6.92 Å². The number of carbonyl (C=O) groups is 1. The molecule has 3 N–H and O–H groups in total. The molecule has 2 aromatic rings. The molecule has 1 aliphatic heterocycles. The van der Waals surface area contributed by atoms with Gasteiger partial charge in [0.15, 0.2) is 0 Å². The van der Waals surface area contributed by atoms with Crippen LogP contribution in [0.1, 0.15) is 61.1 Å². The smallest absolute Gasteiger partial charge is 0.289 e. The van der Waals surface area contributed by atoms with Crippen molar-refractivity contribution in [1.29, 1.82) is 0 Å². The molecule has 0 saturated heterocycles. The second-order valence-corrected chi connectivity index (χ2v) is 8.74. The molecule has 2 heterocycles. The zero-order valence-corrected chi connectivity index (χ0v) is 20.3. The summed E-state index contributed by atoms with van der Waals surface area (Å²) in [5.41, 5.74) is 1.91. The minimum atomic E-state index is -0.259. The number of fused-ring (bicyclic) bond motifs is 1. The molecule has 0 radical (unpaired) electrons. The minimum Gasteiger partial charge on any atom is -0.385 e. The van der Waals surface area contributed by atoms with Gasteiger partial charge in [0.05, 0.1) is 11.4 Å². The van der Waals surface area contributed by atoms with Crippen LogP contribution in [0.5, 0.6) is 0 Å². The van der Waals surface area contributed by atoms with Gasteiger partial charge in [-0.2, -0.15) is 0 Å². The fourth-order valence-corrected chi connectivity index (χ4v) is 4.47. The molecule has 2 aliphatic rings. The normalized spacial score (nSPS) is 20.1. The number of amides is 1. The number of nitrogens with one attached hydrogen (secondary N) is 3. The van der Waals surface area contributed by atoms with Crippen molar-refractivity contribution in [2.24, 2.45) is 4.99 Å². The molecule has 0 spiro atoms. The van der Waals surface area contributed by atoms with E-state index in [2.05, 4.69) is 43.9 Å². The lowest BCUT2D eigenvalue weighted by Crippen LogP contribution is -2.48. The van der Waals surface area contributed by atoms with Gasteiger partial charge in [0.25, 0.3) is 5.91 Å². The first-order chi connectivity index (χ1) is 15.6. The van der Waals surface area contributed by atoms with E-state index in [4.69, 9.17) is 4.74 Å². The Bertz CT molecular complexity index is 983. The number of methoxy groups -OCH3 is 1. The predicted octanol–water partition coefficient (Wildman–Crippen LogP) is 3.63. The van der Waals surface area contributed by atoms with Crippen molar-refractivity contribution in [2.75, 3.05) is 32.1 Å². The van der Waals surface area contributed by atoms with Crippen LogP contribution >= 0.6 is 12.4 Å². The van der Waals surface area contributed by atoms with Crippen molar-refractivity contribution < 1.29 is 9.53 Å². The lowest BCUT2D eigenvalue weighted by atomic mass is 9.90. The Morgan fingerprint density at radius 2 is 1.91 bits per heavy atom. The highest BCUT2D eigenvalue weighted by molar-refractivity contribution is 5.96. The lowest BCUT2D eigenvalue weighted by molar-refractivity contribution is 0.0938. The number of amidine groups is 1. The quantitative estimate of drug-likeness (QED) is 0.505. The van der Waals surface area contributed by atoms with Gasteiger partial charge in [0, 0.05) is 50.7 Å². The molecule has 1 saturated carbocycles. The molecule has 2 atom stereocenters. The number of halogens is 1. The molecule has 8 nitrogen and oxygen atoms in total. The second kappa shape index (κ2) is 12.1. The number of benzene rings is 1. The topological polar surface area (TPSA) is 101 Å². The Labute approximate surface area is 201 Å². The van der Waals surface area contributed by atoms with Crippen molar-refractivity contribution in [3.63, 3.8) is 0 Å². The molecule has 180 valence electrons. The van der Waals surface area contributed by atoms with Gasteiger partial charge in [-0.05, 0) is 44.7 Å². The molecule has 1 fully saturated rings. The van der Waals surface area contributed by atoms with Crippen LogP contribution in [0.2, 0.25) is 0 Å². The molecule has 0 unspecified atom stereocenters. The van der Waals surface area contributed by atoms with E-state index in [-0.39, 0.29) is 30.2 Å². The van der Waals surface area contributed by atoms with Crippen LogP contribution in [-0.2, 0) is 4.74 Å². The summed E-state index contributed by atoms with van der Waals surface area (Å²) in [4.78, 5) is 26.5. The van der Waals surface area contributed by atoms with Crippen molar-refractivity contribution in [3.8, 4) is 0 Å². The highest BCUT2D eigenvalue weighted by Crippen LogP contribution is 2.27. The van der Waals surface area contributed by atoms with E-state index >= 15 is 0 Å². The van der Waals surface area contributed by atoms with Gasteiger partial charge in [0.1, 0.15) is 5.82 Å². The first kappa shape index (κ1) is 25.2. The van der Waals surface area contributed by atoms with Gasteiger partial charge in [-0.3, -0.25) is 9.79 Å². The standard InChI is InChI=1S/C24H34N6O2.ClH/c1-16-10-11-18-17(15-16)22(30-23(28-18)24(31)26-13-6-14-32-2)29-20-8-4-3-7-19(20)27-21-9-5-12-25-21;/h10-11,15,19-20H,3-9,12-14H2,1-2H3,(H,25,27)(H,26,31)(H,28,29,30);1H/t19-,20+;/m1./s1. The van der Waals surface area contributed by atoms with Crippen molar-refractivity contribution >= 4 is 40.9 Å². The average molecular weight is 475 g/mol. The van der Waals surface area contributed by atoms with Crippen LogP contribution in [0.4, 0.5) is 5.82 Å². The SMILES string of the molecule is COCCCNC(=O)c1nc(N[C@H]2CCCC[C@H]2NC2=NCCC2)c2cc(C)ccc2n1.Cl. The molecule has 4 rings (SSSR count). The second-order valence-electron chi connectivity index (χ2n) is 8.74. The Balaban J connectivity index is 0.00000306. The number of hydrogen-bond acceptors (Lipinski definition) is 7. The minimum absolute atomic E-state index is 0. The molecule has 1 aromatic heterocycles. The summed E-state index contributed by atoms with van der Waals surface area (Å²) in [6.45, 7) is 4.11. The zero-order chi connectivity index (χ0) is 22.3. The highest BCUT2D eigenvalue weighted by Gasteiger charge is 2.28. The van der Waals surface area contributed by atoms with E-state index in [1.807, 2.05) is 12.1 Å². The molecular weight excluding hydrogens is 440 g/mol. The Morgan fingerprint density at radius 1 is 1.12 bits per heavy atom. The maximum Gasteiger partial charge on any atom is 0.289 e. The Kier molecular flexibility index (Phi) is 9.26. The summed E-state index contributed by atoms with van der Waals surface area (Å²) in [6, 6.07) is 6.60. The Hall–Kier alpha value is -2.45. The van der Waals surface area contributed by atoms with Gasteiger partial charge in [0.2, 0.25) is 5.82 Å². The Morgan fingerprint density at radius 3 is 2.64 bits per heavy atom. The van der Waals surface area contributed by atoms with E-state index in [0.29, 0.717) is 19.2 Å². The predicted molar refractivity (Wildman–Crippen MR) is 135 cm³/mol. The van der Waals surface area contributed by atoms with E-state index in [9.17, 15) is 4.79 Å². The third-order valence-electron chi connectivity index (χ3n) is 6.18. The summed E-state index contributed by atoms with van der Waals surface area (Å²) in [5.74, 6) is 1.79. The number of anilines is 1. The molecule has 0 bridgehead atoms. The molecule has 33 heavy (non-hydrogen) atoms. The van der Waals surface area contributed by atoms with Crippen molar-refractivity contribution in [3.05, 3.63) is 29.6 Å². The number of aliphatic imine (C=N–C) groups is 1. The maximum absolute atomic E-state index is 12.7. The van der Waals surface area contributed by atoms with E-state index in [1.54, 1.807) is 7.11 Å². The number of carbonyl (C=O) groups excluding carboxylic acids is 1. The molecular formula is C24H35ClN6O2. The van der Waals surface area contributed by atoms with Crippen molar-refractivity contribution in [1.82, 2.24) is 20.6 Å². The summed E-state index contributed by atoms with van der Waals surface area (Å²) < 4.78 is 5.05. The third-order valence-corrected chi connectivity index (χ3v) is 6.18. The van der Waals surface area contributed by atoms with E-state index in [0.717, 1.165) is 66.8 Å². The number of ether oxygens (including phenoxy) is 1. The largest absolute Gasteiger partial charge is 0.385 e. The van der Waals surface area contributed by atoms with Gasteiger partial charge >= 0.3 is 0 Å². The number of aryl methyl sites for hydroxylation is 1. The molecule has 1 amide bonds. The third kappa shape index (κ3) is 6.54. The first-order valence-electron chi connectivity index (χ1n) is 11.8. The van der Waals surface area contributed by atoms with Gasteiger partial charge in [-0.15, -0.1) is 12.4 Å². The lowest BCUT2D eigenvalue weighted by Gasteiger charge is -2.34. The molecule has 1 aromatic carbocycles. The van der Waals surface area contributed by atoms with Gasteiger partial charge in [-0.1, -0.05) is 24.5 Å². The van der Waals surface area contributed by atoms with Crippen LogP contribution in [0.25, 0.3) is 10.9 Å². The average Bonchev–Trinajstić information content (AvgIpc) is 3.31. The van der Waals surface area contributed by atoms with Gasteiger partial charge < -0.3 is 20.7 Å². The highest BCUT2D eigenvalue weighted by atomic mass is 35.5. The van der Waals surface area contributed by atoms with Crippen molar-refractivity contribution in [2.45, 2.75) is 64.0 Å². The number of rotatable bonds is 8. The summed E-state index contributed by atoms with van der Waals surface area (Å²) >= 11 is 0. The fraction of sp³-hybridized carbons (Fsp3) is 0.583. The first-order valence-corrected chi connectivity index (χ1v) is 11.8. The molecule has 9 heteroatoms. The van der Waals surface area contributed by atoms with E-state index in [1.165, 1.54) is 12.8 Å². The number of hydrogen-bond donors (Lipinski definition) is 3. The summed E-state index contributed by atoms with van der Waals surface area (Å²) in [5, 5.41) is 11.2. The van der Waals surface area contributed by atoms with Crippen LogP contribution in [-0.4, -0.2) is 60.6 Å². The van der Waals surface area contributed by atoms with Crippen LogP contribution in [0.15, 0.2) is 23.2 Å². The fourth-order valence-electron chi connectivity index (χ4n) is 4.47. The number of nitrogens with zero attached hydrogens (tertiary/aromatic N) is 3. The zero-order valence-electron chi connectivity index (χ0n) is 19.5.